The molecule has 0 spiro atoms. The summed E-state index contributed by atoms with van der Waals surface area (Å²) in [7, 11) is 1.29. The summed E-state index contributed by atoms with van der Waals surface area (Å²) in [5.41, 5.74) is 7.76. The number of hydrogen-bond donors (Lipinski definition) is 1. The van der Waals surface area contributed by atoms with E-state index in [1.807, 2.05) is 19.1 Å². The number of imidazole rings is 1. The summed E-state index contributed by atoms with van der Waals surface area (Å²) in [5.74, 6) is 0.289. The predicted octanol–water partition coefficient (Wildman–Crippen LogP) is 2.51. The number of aromatic nitrogens is 2. The zero-order valence-corrected chi connectivity index (χ0v) is 11.7. The number of esters is 1. The number of aryl methyl sites for hydroxylation is 1. The molecule has 0 unspecified atom stereocenters. The first-order chi connectivity index (χ1) is 8.97. The van der Waals surface area contributed by atoms with Crippen molar-refractivity contribution in [2.24, 2.45) is 0 Å². The van der Waals surface area contributed by atoms with E-state index in [2.05, 4.69) is 9.72 Å². The maximum absolute atomic E-state index is 11.6. The van der Waals surface area contributed by atoms with Crippen LogP contribution in [0.15, 0.2) is 18.2 Å². The van der Waals surface area contributed by atoms with Gasteiger partial charge in [-0.3, -0.25) is 4.57 Å². The molecule has 2 rings (SSSR count). The van der Waals surface area contributed by atoms with Crippen LogP contribution in [0.2, 0.25) is 5.02 Å². The predicted molar refractivity (Wildman–Crippen MR) is 73.8 cm³/mol. The van der Waals surface area contributed by atoms with Crippen molar-refractivity contribution in [3.8, 4) is 5.69 Å². The van der Waals surface area contributed by atoms with E-state index in [-0.39, 0.29) is 11.5 Å². The Bertz CT molecular complexity index is 650. The van der Waals surface area contributed by atoms with E-state index < -0.39 is 5.97 Å². The quantitative estimate of drug-likeness (QED) is 0.858. The summed E-state index contributed by atoms with van der Waals surface area (Å²) in [5, 5.41) is 0.629. The van der Waals surface area contributed by atoms with Crippen molar-refractivity contribution in [1.29, 1.82) is 0 Å². The van der Waals surface area contributed by atoms with Crippen LogP contribution in [0.25, 0.3) is 5.69 Å². The molecule has 5 nitrogen and oxygen atoms in total. The molecule has 0 atom stereocenters. The molecular formula is C13H14ClN3O2. The summed E-state index contributed by atoms with van der Waals surface area (Å²) in [6.45, 7) is 3.65. The van der Waals surface area contributed by atoms with Crippen LogP contribution in [0, 0.1) is 13.8 Å². The van der Waals surface area contributed by atoms with Gasteiger partial charge in [0.05, 0.1) is 12.8 Å². The van der Waals surface area contributed by atoms with E-state index >= 15 is 0 Å². The average molecular weight is 280 g/mol. The fourth-order valence-corrected chi connectivity index (χ4v) is 2.11. The molecule has 0 bridgehead atoms. The van der Waals surface area contributed by atoms with Crippen LogP contribution in [-0.2, 0) is 4.74 Å². The average Bonchev–Trinajstić information content (AvgIpc) is 2.68. The Balaban J connectivity index is 2.67. The van der Waals surface area contributed by atoms with Gasteiger partial charge in [0.25, 0.3) is 0 Å². The SMILES string of the molecule is COC(=O)c1nc(C)n(-c2cccc(Cl)c2C)c1N. The van der Waals surface area contributed by atoms with E-state index in [1.54, 1.807) is 17.6 Å². The van der Waals surface area contributed by atoms with Crippen LogP contribution in [-0.4, -0.2) is 22.6 Å². The van der Waals surface area contributed by atoms with Gasteiger partial charge in [-0.25, -0.2) is 9.78 Å². The summed E-state index contributed by atoms with van der Waals surface area (Å²) in [6.07, 6.45) is 0. The van der Waals surface area contributed by atoms with Gasteiger partial charge in [0.15, 0.2) is 5.69 Å². The van der Waals surface area contributed by atoms with Crippen LogP contribution in [0.4, 0.5) is 5.82 Å². The normalized spacial score (nSPS) is 10.5. The molecule has 1 aromatic carbocycles. The number of methoxy groups -OCH3 is 1. The Morgan fingerprint density at radius 2 is 2.11 bits per heavy atom. The lowest BCUT2D eigenvalue weighted by molar-refractivity contribution is 0.0596. The fraction of sp³-hybridized carbons (Fsp3) is 0.231. The van der Waals surface area contributed by atoms with Gasteiger partial charge >= 0.3 is 5.97 Å². The maximum atomic E-state index is 11.6. The van der Waals surface area contributed by atoms with Gasteiger partial charge in [0.1, 0.15) is 11.6 Å². The van der Waals surface area contributed by atoms with Crippen molar-refractivity contribution in [1.82, 2.24) is 9.55 Å². The number of carbonyl (C=O) groups excluding carboxylic acids is 1. The summed E-state index contributed by atoms with van der Waals surface area (Å²) >= 11 is 6.10. The van der Waals surface area contributed by atoms with E-state index in [1.165, 1.54) is 7.11 Å². The molecule has 2 N–H and O–H groups in total. The highest BCUT2D eigenvalue weighted by Gasteiger charge is 2.21. The number of nitrogen functional groups attached to an aromatic ring is 1. The second-order valence-corrected chi connectivity index (χ2v) is 4.51. The minimum Gasteiger partial charge on any atom is -0.464 e. The van der Waals surface area contributed by atoms with Crippen LogP contribution in [0.5, 0.6) is 0 Å². The molecular weight excluding hydrogens is 266 g/mol. The van der Waals surface area contributed by atoms with Gasteiger partial charge in [-0.2, -0.15) is 0 Å². The number of benzene rings is 1. The molecule has 0 saturated heterocycles. The third-order valence-corrected chi connectivity index (χ3v) is 3.35. The smallest absolute Gasteiger partial charge is 0.360 e. The lowest BCUT2D eigenvalue weighted by atomic mass is 10.2. The Morgan fingerprint density at radius 1 is 1.42 bits per heavy atom. The Hall–Kier alpha value is -2.01. The van der Waals surface area contributed by atoms with Crippen molar-refractivity contribution in [3.05, 3.63) is 40.3 Å². The molecule has 0 aliphatic carbocycles. The van der Waals surface area contributed by atoms with Crippen molar-refractivity contribution in [3.63, 3.8) is 0 Å². The molecule has 1 aromatic heterocycles. The van der Waals surface area contributed by atoms with Crippen LogP contribution >= 0.6 is 11.6 Å². The molecule has 19 heavy (non-hydrogen) atoms. The highest BCUT2D eigenvalue weighted by molar-refractivity contribution is 6.31. The van der Waals surface area contributed by atoms with E-state index in [0.717, 1.165) is 11.3 Å². The first-order valence-corrected chi connectivity index (χ1v) is 6.03. The van der Waals surface area contributed by atoms with Gasteiger partial charge in [-0.1, -0.05) is 17.7 Å². The highest BCUT2D eigenvalue weighted by Crippen LogP contribution is 2.27. The molecule has 0 saturated carbocycles. The molecule has 0 radical (unpaired) electrons. The van der Waals surface area contributed by atoms with Gasteiger partial charge in [0, 0.05) is 5.02 Å². The topological polar surface area (TPSA) is 70.1 Å². The standard InChI is InChI=1S/C13H14ClN3O2/c1-7-9(14)5-4-6-10(7)17-8(2)16-11(12(17)15)13(18)19-3/h4-6H,15H2,1-3H3. The minimum absolute atomic E-state index is 0.111. The Morgan fingerprint density at radius 3 is 2.74 bits per heavy atom. The van der Waals surface area contributed by atoms with Crippen molar-refractivity contribution >= 4 is 23.4 Å². The van der Waals surface area contributed by atoms with Crippen LogP contribution in [0.1, 0.15) is 21.9 Å². The molecule has 100 valence electrons. The number of nitrogens with zero attached hydrogens (tertiary/aromatic N) is 2. The highest BCUT2D eigenvalue weighted by atomic mass is 35.5. The maximum Gasteiger partial charge on any atom is 0.360 e. The second-order valence-electron chi connectivity index (χ2n) is 4.10. The largest absolute Gasteiger partial charge is 0.464 e. The molecule has 6 heteroatoms. The third kappa shape index (κ3) is 2.17. The summed E-state index contributed by atoms with van der Waals surface area (Å²) < 4.78 is 6.34. The third-order valence-electron chi connectivity index (χ3n) is 2.94. The zero-order chi connectivity index (χ0) is 14.2. The number of carbonyl (C=O) groups is 1. The molecule has 0 aliphatic heterocycles. The molecule has 1 heterocycles. The number of ether oxygens (including phenoxy) is 1. The number of halogens is 1. The second kappa shape index (κ2) is 4.93. The summed E-state index contributed by atoms with van der Waals surface area (Å²) in [4.78, 5) is 15.7. The van der Waals surface area contributed by atoms with Gasteiger partial charge in [0.2, 0.25) is 0 Å². The van der Waals surface area contributed by atoms with Gasteiger partial charge < -0.3 is 10.5 Å². The number of nitrogens with two attached hydrogens (primary N) is 1. The van der Waals surface area contributed by atoms with Crippen molar-refractivity contribution in [2.45, 2.75) is 13.8 Å². The van der Waals surface area contributed by atoms with Crippen molar-refractivity contribution < 1.29 is 9.53 Å². The monoisotopic (exact) mass is 279 g/mol. The Kier molecular flexibility index (Phi) is 3.48. The van der Waals surface area contributed by atoms with Crippen LogP contribution < -0.4 is 5.73 Å². The van der Waals surface area contributed by atoms with Gasteiger partial charge in [-0.05, 0) is 31.5 Å². The first kappa shape index (κ1) is 13.4. The van der Waals surface area contributed by atoms with Crippen molar-refractivity contribution in [2.75, 3.05) is 12.8 Å². The lowest BCUT2D eigenvalue weighted by Gasteiger charge is -2.11. The number of rotatable bonds is 2. The fourth-order valence-electron chi connectivity index (χ4n) is 1.94. The van der Waals surface area contributed by atoms with E-state index in [9.17, 15) is 4.79 Å². The minimum atomic E-state index is -0.556. The molecule has 0 aliphatic rings. The molecule has 2 aromatic rings. The van der Waals surface area contributed by atoms with Crippen LogP contribution in [0.3, 0.4) is 0 Å². The lowest BCUT2D eigenvalue weighted by Crippen LogP contribution is -2.08. The zero-order valence-electron chi connectivity index (χ0n) is 10.9. The van der Waals surface area contributed by atoms with E-state index in [0.29, 0.717) is 10.8 Å². The molecule has 0 amide bonds. The molecule has 0 fully saturated rings. The summed E-state index contributed by atoms with van der Waals surface area (Å²) in [6, 6.07) is 5.48. The number of anilines is 1. The number of hydrogen-bond acceptors (Lipinski definition) is 4. The van der Waals surface area contributed by atoms with E-state index in [4.69, 9.17) is 17.3 Å². The Labute approximate surface area is 116 Å². The first-order valence-electron chi connectivity index (χ1n) is 5.66. The van der Waals surface area contributed by atoms with Gasteiger partial charge in [-0.15, -0.1) is 0 Å².